The van der Waals surface area contributed by atoms with Gasteiger partial charge in [0.1, 0.15) is 10.1 Å². The predicted molar refractivity (Wildman–Crippen MR) is 234 cm³/mol. The van der Waals surface area contributed by atoms with Gasteiger partial charge in [-0.25, -0.2) is 0 Å². The molecule has 1 heteroatoms. The third-order valence-corrected chi connectivity index (χ3v) is 14.8. The van der Waals surface area contributed by atoms with E-state index in [2.05, 4.69) is 191 Å². The minimum Gasteiger partial charge on any atom is -0.0767 e. The summed E-state index contributed by atoms with van der Waals surface area (Å²) < 4.78 is 0. The van der Waals surface area contributed by atoms with Crippen molar-refractivity contribution in [2.24, 2.45) is 0 Å². The molecule has 1 radical (unpaired) electrons. The molecular formula is C53H44Si+. The van der Waals surface area contributed by atoms with Gasteiger partial charge in [0.2, 0.25) is 0 Å². The molecule has 0 spiro atoms. The van der Waals surface area contributed by atoms with Gasteiger partial charge in [-0.2, -0.15) is 0 Å². The van der Waals surface area contributed by atoms with Crippen molar-refractivity contribution in [2.45, 2.75) is 56.0 Å². The van der Waals surface area contributed by atoms with Gasteiger partial charge in [-0.1, -0.05) is 165 Å². The second-order valence-corrected chi connectivity index (χ2v) is 18.6. The van der Waals surface area contributed by atoms with E-state index in [1.807, 2.05) is 0 Å². The van der Waals surface area contributed by atoms with Crippen LogP contribution in [-0.2, 0) is 16.5 Å². The molecule has 0 amide bonds. The van der Waals surface area contributed by atoms with Crippen LogP contribution in [0.15, 0.2) is 170 Å². The Morgan fingerprint density at radius 1 is 0.611 bits per heavy atom. The molecule has 5 bridgehead atoms. The number of allylic oxidation sites excluding steroid dienone is 4. The molecule has 0 saturated carbocycles. The minimum absolute atomic E-state index is 0.00580. The zero-order chi connectivity index (χ0) is 36.4. The highest BCUT2D eigenvalue weighted by molar-refractivity contribution is 6.44. The van der Waals surface area contributed by atoms with Crippen LogP contribution in [0.2, 0.25) is 0 Å². The molecule has 0 nitrogen and oxygen atoms in total. The summed E-state index contributed by atoms with van der Waals surface area (Å²) in [5.41, 5.74) is 11.2. The molecule has 0 fully saturated rings. The van der Waals surface area contributed by atoms with Crippen LogP contribution in [0.1, 0.15) is 67.3 Å². The molecule has 54 heavy (non-hydrogen) atoms. The quantitative estimate of drug-likeness (QED) is 0.0916. The van der Waals surface area contributed by atoms with Gasteiger partial charge in [-0.15, -0.1) is 0 Å². The van der Waals surface area contributed by atoms with Crippen molar-refractivity contribution in [1.29, 1.82) is 0 Å². The molecule has 0 aromatic heterocycles. The molecule has 0 aliphatic heterocycles. The Labute approximate surface area is 321 Å². The van der Waals surface area contributed by atoms with E-state index in [9.17, 15) is 0 Å². The lowest BCUT2D eigenvalue weighted by Gasteiger charge is -2.29. The molecule has 8 aromatic carbocycles. The fourth-order valence-corrected chi connectivity index (χ4v) is 12.2. The summed E-state index contributed by atoms with van der Waals surface area (Å²) in [4.78, 5) is 0. The first-order valence-corrected chi connectivity index (χ1v) is 20.6. The first-order chi connectivity index (χ1) is 26.4. The molecular weight excluding hydrogens is 665 g/mol. The largest absolute Gasteiger partial charge is 0.505 e. The van der Waals surface area contributed by atoms with E-state index in [0.717, 1.165) is 19.3 Å². The van der Waals surface area contributed by atoms with E-state index in [0.29, 0.717) is 15.4 Å². The van der Waals surface area contributed by atoms with E-state index in [1.165, 1.54) is 87.6 Å². The topological polar surface area (TPSA) is 0 Å². The highest BCUT2D eigenvalue weighted by Crippen LogP contribution is 2.49. The monoisotopic (exact) mass is 708 g/mol. The average molecular weight is 709 g/mol. The van der Waals surface area contributed by atoms with Gasteiger partial charge in [-0.3, -0.25) is 0 Å². The predicted octanol–water partition coefficient (Wildman–Crippen LogP) is 13.9. The van der Waals surface area contributed by atoms with E-state index >= 15 is 0 Å². The third kappa shape index (κ3) is 5.32. The fourth-order valence-electron chi connectivity index (χ4n) is 9.89. The van der Waals surface area contributed by atoms with Crippen LogP contribution in [-0.4, -0.2) is 9.52 Å². The van der Waals surface area contributed by atoms with Crippen LogP contribution in [0.4, 0.5) is 0 Å². The van der Waals surface area contributed by atoms with Crippen LogP contribution in [0, 0.1) is 0 Å². The fraction of sp³-hybridized carbons (Fsp3) is 0.170. The Balaban J connectivity index is 1.31. The Morgan fingerprint density at radius 3 is 2.02 bits per heavy atom. The van der Waals surface area contributed by atoms with Crippen molar-refractivity contribution in [2.75, 3.05) is 0 Å². The van der Waals surface area contributed by atoms with Crippen molar-refractivity contribution in [3.05, 3.63) is 198 Å². The molecule has 0 N–H and O–H groups in total. The van der Waals surface area contributed by atoms with Gasteiger partial charge in [0.15, 0.2) is 0 Å². The summed E-state index contributed by atoms with van der Waals surface area (Å²) in [6, 6.07) is 58.1. The Bertz CT molecular complexity index is 2800. The lowest BCUT2D eigenvalue weighted by Crippen LogP contribution is -2.45. The van der Waals surface area contributed by atoms with Gasteiger partial charge >= 0.3 is 9.52 Å². The lowest BCUT2D eigenvalue weighted by molar-refractivity contribution is 0.545. The summed E-state index contributed by atoms with van der Waals surface area (Å²) >= 11 is 0. The number of hydrogen-bond acceptors (Lipinski definition) is 0. The first kappa shape index (κ1) is 33.1. The first-order valence-electron chi connectivity index (χ1n) is 19.6. The van der Waals surface area contributed by atoms with Crippen molar-refractivity contribution in [1.82, 2.24) is 0 Å². The summed E-state index contributed by atoms with van der Waals surface area (Å²) in [6.45, 7) is 7.36. The van der Waals surface area contributed by atoms with Crippen LogP contribution >= 0.6 is 0 Å². The summed E-state index contributed by atoms with van der Waals surface area (Å²) in [7, 11) is 0.686. The number of fused-ring (bicyclic) bond motifs is 9. The summed E-state index contributed by atoms with van der Waals surface area (Å²) in [5.74, 6) is 0.347. The molecule has 0 saturated heterocycles. The lowest BCUT2D eigenvalue weighted by atomic mass is 9.79. The van der Waals surface area contributed by atoms with Crippen molar-refractivity contribution in [3.8, 4) is 11.1 Å². The van der Waals surface area contributed by atoms with E-state index < -0.39 is 0 Å². The maximum absolute atomic E-state index is 2.64. The third-order valence-electron chi connectivity index (χ3n) is 12.6. The molecule has 0 heterocycles. The summed E-state index contributed by atoms with van der Waals surface area (Å²) in [6.07, 6.45) is 10.1. The highest BCUT2D eigenvalue weighted by Gasteiger charge is 2.54. The maximum atomic E-state index is 2.64. The van der Waals surface area contributed by atoms with Crippen LogP contribution in [0.5, 0.6) is 0 Å². The molecule has 2 unspecified atom stereocenters. The standard InChI is InChI=1S/C53H44Si/c1-4-53(54-52(2,3)40-20-9-6-10-21-40)34-35-26-28-42-39(30-35)32-48(44-23-12-11-22-43(42)44)51-46-25-14-13-24-45(46)50(47-29-27-41(53)33-49(47)51)38-19-15-18-37(31-38)36-16-7-5-8-17-36/h5-30,32-33,37H,4,31,34H2,1-3H3/q+1. The van der Waals surface area contributed by atoms with Gasteiger partial charge in [0.05, 0.1) is 0 Å². The van der Waals surface area contributed by atoms with E-state index in [-0.39, 0.29) is 10.1 Å². The Hall–Kier alpha value is -5.50. The molecule has 2 aliphatic rings. The van der Waals surface area contributed by atoms with Gasteiger partial charge in [0, 0.05) is 12.3 Å². The van der Waals surface area contributed by atoms with Crippen LogP contribution in [0.25, 0.3) is 59.8 Å². The zero-order valence-corrected chi connectivity index (χ0v) is 32.4. The van der Waals surface area contributed by atoms with Gasteiger partial charge in [0.25, 0.3) is 0 Å². The molecule has 2 atom stereocenters. The van der Waals surface area contributed by atoms with Crippen LogP contribution in [0.3, 0.4) is 0 Å². The Morgan fingerprint density at radius 2 is 1.26 bits per heavy atom. The SMILES string of the molecule is CCC1([Si+]C(C)(C)c2ccccc2)Cc2ccc3c(c2)cc(c2ccccc23)-c2c3ccccc3c(C3=CC=CC(c4ccccc4)C3)c3ccc1cc23. The summed E-state index contributed by atoms with van der Waals surface area (Å²) in [5, 5.41) is 10.7. The minimum atomic E-state index is -0.0495. The average Bonchev–Trinajstić information content (AvgIpc) is 3.23. The van der Waals surface area contributed by atoms with E-state index in [4.69, 9.17) is 0 Å². The maximum Gasteiger partial charge on any atom is 0.505 e. The number of hydrogen-bond donors (Lipinski definition) is 0. The van der Waals surface area contributed by atoms with Gasteiger partial charge in [-0.05, 0) is 126 Å². The molecule has 10 rings (SSSR count). The number of rotatable bonds is 6. The normalized spacial score (nSPS) is 18.1. The molecule has 259 valence electrons. The number of benzene rings is 8. The van der Waals surface area contributed by atoms with E-state index in [1.54, 1.807) is 0 Å². The zero-order valence-electron chi connectivity index (χ0n) is 31.4. The second kappa shape index (κ2) is 12.8. The van der Waals surface area contributed by atoms with Crippen molar-refractivity contribution < 1.29 is 0 Å². The molecule has 2 aliphatic carbocycles. The van der Waals surface area contributed by atoms with Crippen molar-refractivity contribution >= 4 is 58.2 Å². The molecule has 8 aromatic rings. The van der Waals surface area contributed by atoms with Crippen molar-refractivity contribution in [3.63, 3.8) is 0 Å². The van der Waals surface area contributed by atoms with Gasteiger partial charge < -0.3 is 0 Å². The smallest absolute Gasteiger partial charge is 0.0767 e. The second-order valence-electron chi connectivity index (χ2n) is 16.1. The van der Waals surface area contributed by atoms with Crippen LogP contribution < -0.4 is 0 Å². The highest BCUT2D eigenvalue weighted by atomic mass is 28.2. The Kier molecular flexibility index (Phi) is 7.86.